The Hall–Kier alpha value is -2.80. The molecule has 5 aromatic rings. The molecule has 33 heavy (non-hydrogen) atoms. The molecule has 0 spiro atoms. The summed E-state index contributed by atoms with van der Waals surface area (Å²) >= 11 is 0. The lowest BCUT2D eigenvalue weighted by Crippen LogP contribution is -1.88. The Bertz CT molecular complexity index is 1360. The van der Waals surface area contributed by atoms with Crippen LogP contribution in [0.1, 0.15) is 76.7 Å². The highest BCUT2D eigenvalue weighted by Gasteiger charge is 2.11. The minimum Gasteiger partial charge on any atom is -0.456 e. The summed E-state index contributed by atoms with van der Waals surface area (Å²) < 4.78 is 6.09. The van der Waals surface area contributed by atoms with Gasteiger partial charge < -0.3 is 4.42 Å². The van der Waals surface area contributed by atoms with Gasteiger partial charge in [-0.05, 0) is 52.1 Å². The van der Waals surface area contributed by atoms with Crippen molar-refractivity contribution in [2.45, 2.75) is 77.6 Å². The molecule has 1 heterocycles. The number of hydrogen-bond donors (Lipinski definition) is 0. The normalized spacial score (nSPS) is 11.9. The topological polar surface area (TPSA) is 13.1 Å². The number of hydrogen-bond acceptors (Lipinski definition) is 1. The molecule has 0 saturated carbocycles. The van der Waals surface area contributed by atoms with Crippen LogP contribution in [0.25, 0.3) is 43.5 Å². The molecule has 0 saturated heterocycles. The molecule has 0 amide bonds. The van der Waals surface area contributed by atoms with Crippen molar-refractivity contribution < 1.29 is 4.42 Å². The van der Waals surface area contributed by atoms with Gasteiger partial charge in [0.15, 0.2) is 0 Å². The summed E-state index contributed by atoms with van der Waals surface area (Å²) in [6.45, 7) is 2.29. The summed E-state index contributed by atoms with van der Waals surface area (Å²) in [5.41, 5.74) is 3.41. The molecule has 0 aliphatic rings. The monoisotopic (exact) mass is 436 g/mol. The van der Waals surface area contributed by atoms with E-state index in [9.17, 15) is 0 Å². The molecule has 1 heteroatoms. The standard InChI is InChI=1S/C32H36O/c1-2-3-4-5-6-7-8-9-10-11-14-24-17-19-26-25(23-24)18-20-28-27(26)21-22-31-32(28)29-15-12-13-16-30(29)33-31/h12-13,15-23H,2-11,14H2,1H3. The van der Waals surface area contributed by atoms with Crippen LogP contribution >= 0.6 is 0 Å². The van der Waals surface area contributed by atoms with Gasteiger partial charge in [0.05, 0.1) is 0 Å². The lowest BCUT2D eigenvalue weighted by Gasteiger charge is -2.08. The van der Waals surface area contributed by atoms with Gasteiger partial charge in [0, 0.05) is 10.8 Å². The second kappa shape index (κ2) is 10.4. The first-order chi connectivity index (χ1) is 16.3. The number of rotatable bonds is 11. The van der Waals surface area contributed by atoms with Gasteiger partial charge in [-0.1, -0.05) is 119 Å². The van der Waals surface area contributed by atoms with Crippen LogP contribution in [0.3, 0.4) is 0 Å². The third-order valence-electron chi connectivity index (χ3n) is 7.24. The molecule has 0 radical (unpaired) electrons. The van der Waals surface area contributed by atoms with E-state index in [1.807, 2.05) is 6.07 Å². The Morgan fingerprint density at radius 1 is 0.545 bits per heavy atom. The Balaban J connectivity index is 1.25. The highest BCUT2D eigenvalue weighted by Crippen LogP contribution is 2.37. The van der Waals surface area contributed by atoms with Crippen LogP contribution in [0.4, 0.5) is 0 Å². The van der Waals surface area contributed by atoms with E-state index in [4.69, 9.17) is 4.42 Å². The molecule has 0 atom stereocenters. The zero-order chi connectivity index (χ0) is 22.5. The number of benzene rings is 4. The van der Waals surface area contributed by atoms with E-state index in [0.29, 0.717) is 0 Å². The third kappa shape index (κ3) is 4.78. The molecule has 1 aromatic heterocycles. The van der Waals surface area contributed by atoms with E-state index in [2.05, 4.69) is 67.6 Å². The lowest BCUT2D eigenvalue weighted by molar-refractivity contribution is 0.556. The first kappa shape index (κ1) is 22.0. The van der Waals surface area contributed by atoms with Crippen molar-refractivity contribution in [3.8, 4) is 0 Å². The quantitative estimate of drug-likeness (QED) is 0.148. The van der Waals surface area contributed by atoms with Gasteiger partial charge in [-0.25, -0.2) is 0 Å². The van der Waals surface area contributed by atoms with E-state index in [0.717, 1.165) is 11.2 Å². The summed E-state index contributed by atoms with van der Waals surface area (Å²) in [6, 6.07) is 24.4. The molecular formula is C32H36O. The second-order valence-corrected chi connectivity index (χ2v) is 9.69. The Kier molecular flexibility index (Phi) is 6.95. The van der Waals surface area contributed by atoms with Gasteiger partial charge in [0.2, 0.25) is 0 Å². The van der Waals surface area contributed by atoms with Gasteiger partial charge in [-0.2, -0.15) is 0 Å². The van der Waals surface area contributed by atoms with Crippen LogP contribution in [0, 0.1) is 0 Å². The molecule has 0 bridgehead atoms. The van der Waals surface area contributed by atoms with Gasteiger partial charge >= 0.3 is 0 Å². The maximum Gasteiger partial charge on any atom is 0.136 e. The third-order valence-corrected chi connectivity index (χ3v) is 7.24. The van der Waals surface area contributed by atoms with E-state index in [-0.39, 0.29) is 0 Å². The number of fused-ring (bicyclic) bond motifs is 7. The van der Waals surface area contributed by atoms with Crippen molar-refractivity contribution in [3.05, 3.63) is 72.3 Å². The molecular weight excluding hydrogens is 400 g/mol. The van der Waals surface area contributed by atoms with Crippen molar-refractivity contribution in [1.82, 2.24) is 0 Å². The van der Waals surface area contributed by atoms with Crippen LogP contribution in [0.15, 0.2) is 71.1 Å². The lowest BCUT2D eigenvalue weighted by atomic mass is 9.96. The summed E-state index contributed by atoms with van der Waals surface area (Å²) in [6.07, 6.45) is 15.1. The molecule has 0 N–H and O–H groups in total. The first-order valence-electron chi connectivity index (χ1n) is 13.1. The van der Waals surface area contributed by atoms with Crippen LogP contribution < -0.4 is 0 Å². The maximum atomic E-state index is 6.09. The minimum absolute atomic E-state index is 0.965. The van der Waals surface area contributed by atoms with E-state index < -0.39 is 0 Å². The molecule has 5 rings (SSSR count). The predicted octanol–water partition coefficient (Wildman–Crippen LogP) is 10.4. The SMILES string of the molecule is CCCCCCCCCCCCc1ccc2c(ccc3c2ccc2oc4ccccc4c23)c1. The number of unbranched alkanes of at least 4 members (excludes halogenated alkanes) is 9. The van der Waals surface area contributed by atoms with Crippen molar-refractivity contribution in [1.29, 1.82) is 0 Å². The number of furan rings is 1. The smallest absolute Gasteiger partial charge is 0.136 e. The highest BCUT2D eigenvalue weighted by atomic mass is 16.3. The summed E-state index contributed by atoms with van der Waals surface area (Å²) in [4.78, 5) is 0. The van der Waals surface area contributed by atoms with Crippen molar-refractivity contribution >= 4 is 43.5 Å². The zero-order valence-corrected chi connectivity index (χ0v) is 20.0. The largest absolute Gasteiger partial charge is 0.456 e. The molecule has 170 valence electrons. The van der Waals surface area contributed by atoms with E-state index in [1.165, 1.54) is 109 Å². The number of para-hydroxylation sites is 1. The Labute approximate surface area is 197 Å². The average Bonchev–Trinajstić information content (AvgIpc) is 3.24. The van der Waals surface area contributed by atoms with Crippen molar-refractivity contribution in [2.75, 3.05) is 0 Å². The maximum absolute atomic E-state index is 6.09. The minimum atomic E-state index is 0.965. The fourth-order valence-corrected chi connectivity index (χ4v) is 5.39. The van der Waals surface area contributed by atoms with E-state index >= 15 is 0 Å². The summed E-state index contributed by atoms with van der Waals surface area (Å²) in [5, 5.41) is 7.73. The molecule has 1 nitrogen and oxygen atoms in total. The number of aryl methyl sites for hydroxylation is 1. The highest BCUT2D eigenvalue weighted by molar-refractivity contribution is 6.23. The van der Waals surface area contributed by atoms with Gasteiger partial charge in [0.25, 0.3) is 0 Å². The van der Waals surface area contributed by atoms with Crippen LogP contribution in [-0.2, 0) is 6.42 Å². The molecule has 0 aliphatic carbocycles. The van der Waals surface area contributed by atoms with Gasteiger partial charge in [0.1, 0.15) is 11.2 Å². The van der Waals surface area contributed by atoms with Gasteiger partial charge in [-0.3, -0.25) is 0 Å². The van der Waals surface area contributed by atoms with Crippen molar-refractivity contribution in [2.24, 2.45) is 0 Å². The Morgan fingerprint density at radius 2 is 1.24 bits per heavy atom. The molecule has 0 fully saturated rings. The zero-order valence-electron chi connectivity index (χ0n) is 20.0. The Morgan fingerprint density at radius 3 is 2.06 bits per heavy atom. The summed E-state index contributed by atoms with van der Waals surface area (Å²) in [7, 11) is 0. The molecule has 4 aromatic carbocycles. The van der Waals surface area contributed by atoms with Crippen LogP contribution in [0.5, 0.6) is 0 Å². The van der Waals surface area contributed by atoms with E-state index in [1.54, 1.807) is 0 Å². The summed E-state index contributed by atoms with van der Waals surface area (Å²) in [5.74, 6) is 0. The average molecular weight is 437 g/mol. The van der Waals surface area contributed by atoms with Gasteiger partial charge in [-0.15, -0.1) is 0 Å². The predicted molar refractivity (Wildman–Crippen MR) is 144 cm³/mol. The molecule has 0 aliphatic heterocycles. The van der Waals surface area contributed by atoms with Crippen molar-refractivity contribution in [3.63, 3.8) is 0 Å². The van der Waals surface area contributed by atoms with Crippen LogP contribution in [0.2, 0.25) is 0 Å². The fourth-order valence-electron chi connectivity index (χ4n) is 5.39. The molecule has 0 unspecified atom stereocenters. The second-order valence-electron chi connectivity index (χ2n) is 9.69. The van der Waals surface area contributed by atoms with Crippen LogP contribution in [-0.4, -0.2) is 0 Å². The fraction of sp³-hybridized carbons (Fsp3) is 0.375. The first-order valence-corrected chi connectivity index (χ1v) is 13.1.